The monoisotopic (exact) mass is 367 g/mol. The van der Waals surface area contributed by atoms with Gasteiger partial charge in [-0.15, -0.1) is 0 Å². The molecule has 0 saturated carbocycles. The zero-order valence-corrected chi connectivity index (χ0v) is 13.7. The Morgan fingerprint density at radius 1 is 1.50 bits per heavy atom. The van der Waals surface area contributed by atoms with Crippen molar-refractivity contribution < 1.29 is 22.3 Å². The Morgan fingerprint density at radius 3 is 2.60 bits per heavy atom. The maximum absolute atomic E-state index is 13.4. The van der Waals surface area contributed by atoms with E-state index in [9.17, 15) is 17.6 Å². The highest BCUT2D eigenvalue weighted by atomic mass is 79.9. The zero-order chi connectivity index (χ0) is 15.5. The van der Waals surface area contributed by atoms with Gasteiger partial charge in [-0.2, -0.15) is 0 Å². The van der Waals surface area contributed by atoms with E-state index < -0.39 is 27.7 Å². The molecule has 112 valence electrons. The summed E-state index contributed by atoms with van der Waals surface area (Å²) in [7, 11) is -1.29. The van der Waals surface area contributed by atoms with Crippen LogP contribution in [0.4, 0.5) is 4.39 Å². The number of carbonyl (C=O) groups excluding carboxylic acids is 1. The molecule has 1 rings (SSSR count). The summed E-state index contributed by atoms with van der Waals surface area (Å²) < 4.78 is 43.6. The highest BCUT2D eigenvalue weighted by molar-refractivity contribution is 9.10. The van der Waals surface area contributed by atoms with Gasteiger partial charge in [-0.25, -0.2) is 17.1 Å². The van der Waals surface area contributed by atoms with E-state index in [0.29, 0.717) is 0 Å². The first-order chi connectivity index (χ1) is 9.20. The molecule has 0 bridgehead atoms. The van der Waals surface area contributed by atoms with Crippen LogP contribution >= 0.6 is 15.9 Å². The molecule has 0 aliphatic rings. The Morgan fingerprint density at radius 2 is 2.10 bits per heavy atom. The maximum Gasteiger partial charge on any atom is 0.309 e. The van der Waals surface area contributed by atoms with Crippen LogP contribution in [-0.4, -0.2) is 39.4 Å². The van der Waals surface area contributed by atoms with Gasteiger partial charge in [0.15, 0.2) is 0 Å². The number of benzene rings is 1. The number of carbonyl (C=O) groups is 1. The average molecular weight is 368 g/mol. The van der Waals surface area contributed by atoms with E-state index in [1.165, 1.54) is 26.3 Å². The molecule has 0 aliphatic carbocycles. The van der Waals surface area contributed by atoms with E-state index in [1.54, 1.807) is 6.92 Å². The third-order valence-corrected chi connectivity index (χ3v) is 5.20. The summed E-state index contributed by atoms with van der Waals surface area (Å²) in [6.45, 7) is 1.51. The normalized spacial score (nSPS) is 13.3. The summed E-state index contributed by atoms with van der Waals surface area (Å²) in [6.07, 6.45) is 0. The average Bonchev–Trinajstić information content (AvgIpc) is 2.40. The molecule has 0 N–H and O–H groups in total. The number of esters is 1. The summed E-state index contributed by atoms with van der Waals surface area (Å²) in [5.74, 6) is -1.78. The van der Waals surface area contributed by atoms with Crippen molar-refractivity contribution in [3.05, 3.63) is 28.5 Å². The lowest BCUT2D eigenvalue weighted by molar-refractivity contribution is -0.144. The van der Waals surface area contributed by atoms with Gasteiger partial charge in [0.25, 0.3) is 0 Å². The first kappa shape index (κ1) is 17.1. The fourth-order valence-electron chi connectivity index (χ4n) is 1.58. The Balaban J connectivity index is 2.98. The first-order valence-electron chi connectivity index (χ1n) is 5.69. The van der Waals surface area contributed by atoms with Crippen LogP contribution in [0.5, 0.6) is 0 Å². The van der Waals surface area contributed by atoms with Gasteiger partial charge in [-0.1, -0.05) is 6.92 Å². The topological polar surface area (TPSA) is 63.7 Å². The van der Waals surface area contributed by atoms with Gasteiger partial charge < -0.3 is 4.74 Å². The predicted octanol–water partition coefficient (Wildman–Crippen LogP) is 2.02. The van der Waals surface area contributed by atoms with Crippen molar-refractivity contribution in [3.8, 4) is 0 Å². The molecule has 5 nitrogen and oxygen atoms in total. The second-order valence-corrected chi connectivity index (χ2v) is 7.18. The second-order valence-electron chi connectivity index (χ2n) is 4.29. The van der Waals surface area contributed by atoms with Gasteiger partial charge in [0.05, 0.1) is 22.4 Å². The summed E-state index contributed by atoms with van der Waals surface area (Å²) >= 11 is 2.96. The van der Waals surface area contributed by atoms with Crippen LogP contribution in [0.1, 0.15) is 6.92 Å². The minimum atomic E-state index is -3.85. The largest absolute Gasteiger partial charge is 0.469 e. The molecule has 0 amide bonds. The van der Waals surface area contributed by atoms with E-state index in [-0.39, 0.29) is 15.9 Å². The predicted molar refractivity (Wildman–Crippen MR) is 75.1 cm³/mol. The second kappa shape index (κ2) is 6.64. The van der Waals surface area contributed by atoms with Crippen LogP contribution in [0.15, 0.2) is 27.6 Å². The number of halogens is 2. The molecule has 1 unspecified atom stereocenters. The lowest BCUT2D eigenvalue weighted by Gasteiger charge is -2.20. The molecule has 0 spiro atoms. The Bertz CT molecular complexity index is 605. The number of ether oxygens (including phenoxy) is 1. The molecule has 1 aromatic carbocycles. The van der Waals surface area contributed by atoms with Crippen molar-refractivity contribution >= 4 is 31.9 Å². The van der Waals surface area contributed by atoms with Crippen molar-refractivity contribution in [3.63, 3.8) is 0 Å². The Hall–Kier alpha value is -0.990. The number of hydrogen-bond acceptors (Lipinski definition) is 4. The SMILES string of the molecule is COC(=O)C(C)CN(C)S(=O)(=O)c1ccc(Br)c(F)c1. The fourth-order valence-corrected chi connectivity index (χ4v) is 3.10. The number of nitrogens with zero attached hydrogens (tertiary/aromatic N) is 1. The van der Waals surface area contributed by atoms with Crippen LogP contribution in [0.3, 0.4) is 0 Å². The lowest BCUT2D eigenvalue weighted by Crippen LogP contribution is -2.34. The fraction of sp³-hybridized carbons (Fsp3) is 0.417. The summed E-state index contributed by atoms with van der Waals surface area (Å²) in [5, 5.41) is 0. The van der Waals surface area contributed by atoms with Crippen LogP contribution in [-0.2, 0) is 19.6 Å². The summed E-state index contributed by atoms with van der Waals surface area (Å²) in [5.41, 5.74) is 0. The maximum atomic E-state index is 13.4. The quantitative estimate of drug-likeness (QED) is 0.746. The van der Waals surface area contributed by atoms with Crippen LogP contribution in [0, 0.1) is 11.7 Å². The van der Waals surface area contributed by atoms with Crippen molar-refractivity contribution in [1.29, 1.82) is 0 Å². The first-order valence-corrected chi connectivity index (χ1v) is 7.92. The number of rotatable bonds is 5. The third kappa shape index (κ3) is 3.77. The molecule has 0 fully saturated rings. The molecule has 0 aliphatic heterocycles. The smallest absolute Gasteiger partial charge is 0.309 e. The summed E-state index contributed by atoms with van der Waals surface area (Å²) in [6, 6.07) is 3.54. The van der Waals surface area contributed by atoms with Gasteiger partial charge in [-0.05, 0) is 34.1 Å². The van der Waals surface area contributed by atoms with Crippen LogP contribution < -0.4 is 0 Å². The molecule has 8 heteroatoms. The van der Waals surface area contributed by atoms with Crippen molar-refractivity contribution in [1.82, 2.24) is 4.31 Å². The molecule has 0 aromatic heterocycles. The molecule has 20 heavy (non-hydrogen) atoms. The van der Waals surface area contributed by atoms with E-state index in [0.717, 1.165) is 10.4 Å². The summed E-state index contributed by atoms with van der Waals surface area (Å²) in [4.78, 5) is 11.1. The van der Waals surface area contributed by atoms with Crippen LogP contribution in [0.2, 0.25) is 0 Å². The van der Waals surface area contributed by atoms with E-state index in [2.05, 4.69) is 20.7 Å². The number of sulfonamides is 1. The third-order valence-electron chi connectivity index (χ3n) is 2.73. The lowest BCUT2D eigenvalue weighted by atomic mass is 10.2. The highest BCUT2D eigenvalue weighted by Crippen LogP contribution is 2.22. The van der Waals surface area contributed by atoms with E-state index >= 15 is 0 Å². The van der Waals surface area contributed by atoms with Crippen molar-refractivity contribution in [2.45, 2.75) is 11.8 Å². The van der Waals surface area contributed by atoms with Gasteiger partial charge in [0.1, 0.15) is 5.82 Å². The Labute approximate surface area is 125 Å². The molecule has 0 radical (unpaired) electrons. The Kier molecular flexibility index (Phi) is 5.67. The molecule has 0 heterocycles. The van der Waals surface area contributed by atoms with Crippen LogP contribution in [0.25, 0.3) is 0 Å². The highest BCUT2D eigenvalue weighted by Gasteiger charge is 2.26. The van der Waals surface area contributed by atoms with E-state index in [4.69, 9.17) is 0 Å². The molecule has 1 aromatic rings. The van der Waals surface area contributed by atoms with E-state index in [1.807, 2.05) is 0 Å². The number of hydrogen-bond donors (Lipinski definition) is 0. The van der Waals surface area contributed by atoms with Gasteiger partial charge in [0, 0.05) is 13.6 Å². The van der Waals surface area contributed by atoms with Gasteiger partial charge in [0.2, 0.25) is 10.0 Å². The zero-order valence-electron chi connectivity index (χ0n) is 11.3. The minimum absolute atomic E-state index is 0.0489. The molecule has 0 saturated heterocycles. The van der Waals surface area contributed by atoms with Gasteiger partial charge >= 0.3 is 5.97 Å². The molecule has 1 atom stereocenters. The van der Waals surface area contributed by atoms with Crippen molar-refractivity contribution in [2.24, 2.45) is 5.92 Å². The van der Waals surface area contributed by atoms with Gasteiger partial charge in [-0.3, -0.25) is 4.79 Å². The minimum Gasteiger partial charge on any atom is -0.469 e. The number of methoxy groups -OCH3 is 1. The molecular weight excluding hydrogens is 353 g/mol. The van der Waals surface area contributed by atoms with Crippen molar-refractivity contribution in [2.75, 3.05) is 20.7 Å². The standard InChI is InChI=1S/C12H15BrFNO4S/c1-8(12(16)19-3)7-15(2)20(17,18)9-4-5-10(13)11(14)6-9/h4-6,8H,7H2,1-3H3. The molecular formula is C12H15BrFNO4S.